The van der Waals surface area contributed by atoms with Gasteiger partial charge in [0.05, 0.1) is 5.01 Å². The lowest BCUT2D eigenvalue weighted by atomic mass is 10.2. The third kappa shape index (κ3) is 2.68. The average molecular weight is 255 g/mol. The van der Waals surface area contributed by atoms with Crippen molar-refractivity contribution in [1.82, 2.24) is 15.0 Å². The fourth-order valence-corrected chi connectivity index (χ4v) is 2.13. The number of anilines is 1. The van der Waals surface area contributed by atoms with E-state index in [4.69, 9.17) is 11.6 Å². The van der Waals surface area contributed by atoms with E-state index >= 15 is 0 Å². The van der Waals surface area contributed by atoms with Crippen molar-refractivity contribution in [2.75, 3.05) is 11.9 Å². The smallest absolute Gasteiger partial charge is 0.171 e. The quantitative estimate of drug-likeness (QED) is 0.912. The first kappa shape index (κ1) is 11.3. The van der Waals surface area contributed by atoms with E-state index in [0.29, 0.717) is 16.9 Å². The van der Waals surface area contributed by atoms with Crippen molar-refractivity contribution >= 4 is 28.8 Å². The molecule has 0 aromatic carbocycles. The van der Waals surface area contributed by atoms with Gasteiger partial charge in [-0.2, -0.15) is 0 Å². The highest BCUT2D eigenvalue weighted by molar-refractivity contribution is 7.09. The molecule has 6 heteroatoms. The highest BCUT2D eigenvalue weighted by atomic mass is 35.5. The Labute approximate surface area is 103 Å². The Morgan fingerprint density at radius 3 is 2.81 bits per heavy atom. The van der Waals surface area contributed by atoms with Gasteiger partial charge >= 0.3 is 0 Å². The fraction of sp³-hybridized carbons (Fsp3) is 0.300. The largest absolute Gasteiger partial charge is 0.367 e. The summed E-state index contributed by atoms with van der Waals surface area (Å²) in [4.78, 5) is 12.3. The first-order valence-corrected chi connectivity index (χ1v) is 6.13. The topological polar surface area (TPSA) is 50.7 Å². The first-order chi connectivity index (χ1) is 7.77. The van der Waals surface area contributed by atoms with Gasteiger partial charge in [0.2, 0.25) is 0 Å². The number of halogens is 1. The van der Waals surface area contributed by atoms with Crippen LogP contribution in [0.4, 0.5) is 5.82 Å². The van der Waals surface area contributed by atoms with Crippen molar-refractivity contribution in [1.29, 1.82) is 0 Å². The van der Waals surface area contributed by atoms with Crippen molar-refractivity contribution < 1.29 is 0 Å². The van der Waals surface area contributed by atoms with E-state index in [9.17, 15) is 0 Å². The molecule has 16 heavy (non-hydrogen) atoms. The van der Waals surface area contributed by atoms with Crippen LogP contribution in [-0.4, -0.2) is 21.5 Å². The zero-order valence-corrected chi connectivity index (χ0v) is 10.3. The van der Waals surface area contributed by atoms with Crippen LogP contribution in [0.3, 0.4) is 0 Å². The van der Waals surface area contributed by atoms with Crippen molar-refractivity contribution in [3.05, 3.63) is 34.1 Å². The standard InChI is InChI=1S/C10H11ClN4S/c1-7(10-14-4-5-16-10)6-15-9-8(11)12-2-3-13-9/h2-5,7H,6H2,1H3,(H,13,15). The lowest BCUT2D eigenvalue weighted by Crippen LogP contribution is -2.11. The Kier molecular flexibility index (Phi) is 3.69. The minimum atomic E-state index is 0.332. The summed E-state index contributed by atoms with van der Waals surface area (Å²) in [5.74, 6) is 0.950. The highest BCUT2D eigenvalue weighted by Crippen LogP contribution is 2.20. The molecule has 1 unspecified atom stereocenters. The Morgan fingerprint density at radius 1 is 1.31 bits per heavy atom. The van der Waals surface area contributed by atoms with Crippen LogP contribution in [-0.2, 0) is 0 Å². The predicted octanol–water partition coefficient (Wildman–Crippen LogP) is 2.80. The summed E-state index contributed by atoms with van der Waals surface area (Å²) in [7, 11) is 0. The predicted molar refractivity (Wildman–Crippen MR) is 66.1 cm³/mol. The van der Waals surface area contributed by atoms with E-state index in [2.05, 4.69) is 27.2 Å². The number of thiazole rings is 1. The van der Waals surface area contributed by atoms with Gasteiger partial charge in [0, 0.05) is 36.4 Å². The van der Waals surface area contributed by atoms with Gasteiger partial charge in [-0.1, -0.05) is 18.5 Å². The molecule has 1 atom stereocenters. The molecule has 4 nitrogen and oxygen atoms in total. The maximum absolute atomic E-state index is 5.88. The van der Waals surface area contributed by atoms with Gasteiger partial charge in [-0.15, -0.1) is 11.3 Å². The van der Waals surface area contributed by atoms with Crippen LogP contribution >= 0.6 is 22.9 Å². The van der Waals surface area contributed by atoms with Crippen LogP contribution in [0.5, 0.6) is 0 Å². The molecule has 1 N–H and O–H groups in total. The van der Waals surface area contributed by atoms with Gasteiger partial charge in [-0.25, -0.2) is 15.0 Å². The number of aromatic nitrogens is 3. The second-order valence-corrected chi connectivity index (χ2v) is 4.63. The van der Waals surface area contributed by atoms with Crippen LogP contribution in [0.25, 0.3) is 0 Å². The molecular weight excluding hydrogens is 244 g/mol. The van der Waals surface area contributed by atoms with Crippen molar-refractivity contribution in [2.24, 2.45) is 0 Å². The average Bonchev–Trinajstić information content (AvgIpc) is 2.81. The molecule has 2 aromatic rings. The summed E-state index contributed by atoms with van der Waals surface area (Å²) >= 11 is 7.53. The second-order valence-electron chi connectivity index (χ2n) is 3.35. The summed E-state index contributed by atoms with van der Waals surface area (Å²) in [6.07, 6.45) is 4.99. The van der Waals surface area contributed by atoms with Crippen molar-refractivity contribution in [2.45, 2.75) is 12.8 Å². The minimum absolute atomic E-state index is 0.332. The van der Waals surface area contributed by atoms with Crippen LogP contribution in [0.1, 0.15) is 17.8 Å². The minimum Gasteiger partial charge on any atom is -0.367 e. The monoisotopic (exact) mass is 254 g/mol. The molecule has 2 aromatic heterocycles. The lowest BCUT2D eigenvalue weighted by molar-refractivity contribution is 0.791. The molecular formula is C10H11ClN4S. The normalized spacial score (nSPS) is 12.4. The number of nitrogens with zero attached hydrogens (tertiary/aromatic N) is 3. The number of hydrogen-bond acceptors (Lipinski definition) is 5. The molecule has 0 saturated heterocycles. The summed E-state index contributed by atoms with van der Waals surface area (Å²) in [5.41, 5.74) is 0. The molecule has 0 aliphatic heterocycles. The van der Waals surface area contributed by atoms with Gasteiger partial charge in [0.25, 0.3) is 0 Å². The van der Waals surface area contributed by atoms with E-state index in [1.54, 1.807) is 23.7 Å². The molecule has 2 rings (SSSR count). The molecule has 0 fully saturated rings. The molecule has 0 spiro atoms. The molecule has 0 aliphatic rings. The number of rotatable bonds is 4. The van der Waals surface area contributed by atoms with Gasteiger partial charge in [-0.3, -0.25) is 0 Å². The third-order valence-electron chi connectivity index (χ3n) is 2.10. The highest BCUT2D eigenvalue weighted by Gasteiger charge is 2.09. The van der Waals surface area contributed by atoms with E-state index in [1.807, 2.05) is 11.6 Å². The second kappa shape index (κ2) is 5.23. The van der Waals surface area contributed by atoms with E-state index in [1.165, 1.54) is 0 Å². The van der Waals surface area contributed by atoms with Crippen molar-refractivity contribution in [3.8, 4) is 0 Å². The van der Waals surface area contributed by atoms with Crippen LogP contribution in [0.2, 0.25) is 5.15 Å². The molecule has 0 radical (unpaired) electrons. The van der Waals surface area contributed by atoms with Gasteiger partial charge in [-0.05, 0) is 0 Å². The summed E-state index contributed by atoms with van der Waals surface area (Å²) in [6.45, 7) is 2.85. The maximum atomic E-state index is 5.88. The Balaban J connectivity index is 1.95. The SMILES string of the molecule is CC(CNc1nccnc1Cl)c1nccs1. The molecule has 0 saturated carbocycles. The zero-order valence-electron chi connectivity index (χ0n) is 8.72. The molecule has 0 amide bonds. The lowest BCUT2D eigenvalue weighted by Gasteiger charge is -2.10. The summed E-state index contributed by atoms with van der Waals surface area (Å²) < 4.78 is 0. The molecule has 0 bridgehead atoms. The van der Waals surface area contributed by atoms with Crippen LogP contribution in [0, 0.1) is 0 Å². The Morgan fingerprint density at radius 2 is 2.12 bits per heavy atom. The zero-order chi connectivity index (χ0) is 11.4. The van der Waals surface area contributed by atoms with E-state index < -0.39 is 0 Å². The van der Waals surface area contributed by atoms with Gasteiger partial charge in [0.1, 0.15) is 0 Å². The Bertz CT molecular complexity index is 446. The first-order valence-electron chi connectivity index (χ1n) is 4.87. The molecule has 84 valence electrons. The summed E-state index contributed by atoms with van der Waals surface area (Å²) in [6, 6.07) is 0. The van der Waals surface area contributed by atoms with E-state index in [0.717, 1.165) is 11.6 Å². The van der Waals surface area contributed by atoms with Gasteiger partial charge < -0.3 is 5.32 Å². The third-order valence-corrected chi connectivity index (χ3v) is 3.39. The van der Waals surface area contributed by atoms with Crippen molar-refractivity contribution in [3.63, 3.8) is 0 Å². The molecule has 2 heterocycles. The number of nitrogens with one attached hydrogen (secondary N) is 1. The van der Waals surface area contributed by atoms with E-state index in [-0.39, 0.29) is 0 Å². The number of hydrogen-bond donors (Lipinski definition) is 1. The fourth-order valence-electron chi connectivity index (χ4n) is 1.25. The van der Waals surface area contributed by atoms with Gasteiger partial charge in [0.15, 0.2) is 11.0 Å². The Hall–Kier alpha value is -1.20. The summed E-state index contributed by atoms with van der Waals surface area (Å²) in [5, 5.41) is 6.64. The molecule has 0 aliphatic carbocycles. The maximum Gasteiger partial charge on any atom is 0.171 e. The van der Waals surface area contributed by atoms with Crippen LogP contribution < -0.4 is 5.32 Å². The van der Waals surface area contributed by atoms with Crippen LogP contribution in [0.15, 0.2) is 24.0 Å².